The lowest BCUT2D eigenvalue weighted by Crippen LogP contribution is -2.45. The van der Waals surface area contributed by atoms with Crippen molar-refractivity contribution in [1.29, 1.82) is 0 Å². The zero-order valence-electron chi connectivity index (χ0n) is 12.1. The molecule has 0 aromatic rings. The molecule has 0 aliphatic rings. The fraction of sp³-hybridized carbons (Fsp3) is 0.786. The van der Waals surface area contributed by atoms with Crippen molar-refractivity contribution >= 4 is 5.97 Å². The molecule has 0 radical (unpaired) electrons. The number of hydrogen-bond donors (Lipinski definition) is 0. The lowest BCUT2D eigenvalue weighted by atomic mass is 10.1. The van der Waals surface area contributed by atoms with Crippen LogP contribution in [0.2, 0.25) is 0 Å². The average Bonchev–Trinajstić information content (AvgIpc) is 2.23. The fourth-order valence-corrected chi connectivity index (χ4v) is 2.13. The second-order valence-electron chi connectivity index (χ2n) is 4.97. The Morgan fingerprint density at radius 3 is 2.00 bits per heavy atom. The highest BCUT2D eigenvalue weighted by Crippen LogP contribution is 2.17. The van der Waals surface area contributed by atoms with Gasteiger partial charge in [0.25, 0.3) is 0 Å². The maximum Gasteiger partial charge on any atom is 0.334 e. The summed E-state index contributed by atoms with van der Waals surface area (Å²) in [7, 11) is 0. The molecule has 0 N–H and O–H groups in total. The highest BCUT2D eigenvalue weighted by molar-refractivity contribution is 5.89. The molecule has 17 heavy (non-hydrogen) atoms. The first-order valence-electron chi connectivity index (χ1n) is 6.46. The van der Waals surface area contributed by atoms with E-state index < -0.39 is 0 Å². The fourth-order valence-electron chi connectivity index (χ4n) is 2.13. The standard InChI is InChI=1S/C14H27NO2/c1-8-9-17-14(16)12(6)13(7)15(10(2)3)11(4)5/h10-11,13H,6,8-9H2,1-5,7H3. The van der Waals surface area contributed by atoms with E-state index in [1.807, 2.05) is 13.8 Å². The molecule has 0 rings (SSSR count). The molecule has 0 fully saturated rings. The summed E-state index contributed by atoms with van der Waals surface area (Å²) < 4.78 is 5.12. The molecular formula is C14H27NO2. The first kappa shape index (κ1) is 16.2. The number of nitrogens with zero attached hydrogens (tertiary/aromatic N) is 1. The largest absolute Gasteiger partial charge is 0.462 e. The molecule has 0 saturated heterocycles. The summed E-state index contributed by atoms with van der Waals surface area (Å²) in [5.41, 5.74) is 0.542. The summed E-state index contributed by atoms with van der Waals surface area (Å²) >= 11 is 0. The van der Waals surface area contributed by atoms with Crippen molar-refractivity contribution in [3.63, 3.8) is 0 Å². The highest BCUT2D eigenvalue weighted by atomic mass is 16.5. The Hall–Kier alpha value is -0.830. The second-order valence-corrected chi connectivity index (χ2v) is 4.97. The molecule has 0 heterocycles. The first-order valence-corrected chi connectivity index (χ1v) is 6.46. The molecular weight excluding hydrogens is 214 g/mol. The van der Waals surface area contributed by atoms with E-state index in [1.165, 1.54) is 0 Å². The van der Waals surface area contributed by atoms with Gasteiger partial charge in [0.15, 0.2) is 0 Å². The quantitative estimate of drug-likeness (QED) is 0.507. The second kappa shape index (κ2) is 7.49. The summed E-state index contributed by atoms with van der Waals surface area (Å²) in [4.78, 5) is 14.0. The number of hydrogen-bond acceptors (Lipinski definition) is 3. The van der Waals surface area contributed by atoms with E-state index in [4.69, 9.17) is 4.74 Å². The van der Waals surface area contributed by atoms with Crippen molar-refractivity contribution in [3.05, 3.63) is 12.2 Å². The number of rotatable bonds is 7. The normalized spacial score (nSPS) is 13.2. The molecule has 0 aliphatic carbocycles. The summed E-state index contributed by atoms with van der Waals surface area (Å²) in [5, 5.41) is 0. The van der Waals surface area contributed by atoms with Crippen LogP contribution >= 0.6 is 0 Å². The van der Waals surface area contributed by atoms with E-state index in [9.17, 15) is 4.79 Å². The van der Waals surface area contributed by atoms with E-state index in [0.29, 0.717) is 24.3 Å². The third kappa shape index (κ3) is 4.90. The molecule has 1 unspecified atom stereocenters. The minimum atomic E-state index is -0.273. The topological polar surface area (TPSA) is 29.5 Å². The van der Waals surface area contributed by atoms with E-state index in [-0.39, 0.29) is 12.0 Å². The minimum absolute atomic E-state index is 0.0133. The zero-order chi connectivity index (χ0) is 13.6. The summed E-state index contributed by atoms with van der Waals surface area (Å²) in [6.45, 7) is 16.8. The van der Waals surface area contributed by atoms with Gasteiger partial charge in [0.05, 0.1) is 6.61 Å². The Morgan fingerprint density at radius 2 is 1.65 bits per heavy atom. The van der Waals surface area contributed by atoms with Gasteiger partial charge in [-0.3, -0.25) is 4.90 Å². The van der Waals surface area contributed by atoms with E-state index in [0.717, 1.165) is 6.42 Å². The monoisotopic (exact) mass is 241 g/mol. The van der Waals surface area contributed by atoms with E-state index in [2.05, 4.69) is 39.2 Å². The molecule has 3 heteroatoms. The van der Waals surface area contributed by atoms with Crippen LogP contribution in [0.5, 0.6) is 0 Å². The van der Waals surface area contributed by atoms with Crippen LogP contribution in [0.3, 0.4) is 0 Å². The Bertz CT molecular complexity index is 251. The van der Waals surface area contributed by atoms with Crippen LogP contribution in [0.4, 0.5) is 0 Å². The van der Waals surface area contributed by atoms with Crippen molar-refractivity contribution in [2.24, 2.45) is 0 Å². The van der Waals surface area contributed by atoms with Gasteiger partial charge in [0.2, 0.25) is 0 Å². The summed E-state index contributed by atoms with van der Waals surface area (Å²) in [6.07, 6.45) is 0.839. The van der Waals surface area contributed by atoms with Crippen LogP contribution in [0.25, 0.3) is 0 Å². The summed E-state index contributed by atoms with van der Waals surface area (Å²) in [5.74, 6) is -0.273. The molecule has 3 nitrogen and oxygen atoms in total. The molecule has 100 valence electrons. The zero-order valence-corrected chi connectivity index (χ0v) is 12.1. The first-order chi connectivity index (χ1) is 7.82. The van der Waals surface area contributed by atoms with Gasteiger partial charge >= 0.3 is 5.97 Å². The Balaban J connectivity index is 4.60. The molecule has 0 saturated carbocycles. The minimum Gasteiger partial charge on any atom is -0.462 e. The van der Waals surface area contributed by atoms with Crippen molar-refractivity contribution in [2.75, 3.05) is 6.61 Å². The Labute approximate surface area is 106 Å². The molecule has 0 spiro atoms. The van der Waals surface area contributed by atoms with Crippen LogP contribution in [-0.2, 0) is 9.53 Å². The van der Waals surface area contributed by atoms with Crippen molar-refractivity contribution < 1.29 is 9.53 Å². The van der Waals surface area contributed by atoms with Crippen LogP contribution in [0, 0.1) is 0 Å². The lowest BCUT2D eigenvalue weighted by molar-refractivity contribution is -0.139. The van der Waals surface area contributed by atoms with Crippen LogP contribution in [0.1, 0.15) is 48.0 Å². The number of carbonyl (C=O) groups excluding carboxylic acids is 1. The van der Waals surface area contributed by atoms with Crippen molar-refractivity contribution in [1.82, 2.24) is 4.90 Å². The summed E-state index contributed by atoms with van der Waals surface area (Å²) in [6, 6.07) is 0.765. The van der Waals surface area contributed by atoms with Crippen molar-refractivity contribution in [2.45, 2.75) is 66.1 Å². The van der Waals surface area contributed by atoms with Gasteiger partial charge in [0.1, 0.15) is 0 Å². The smallest absolute Gasteiger partial charge is 0.334 e. The molecule has 1 atom stereocenters. The number of ether oxygens (including phenoxy) is 1. The van der Waals surface area contributed by atoms with Crippen LogP contribution in [-0.4, -0.2) is 35.6 Å². The van der Waals surface area contributed by atoms with Crippen LogP contribution in [0.15, 0.2) is 12.2 Å². The molecule has 0 aliphatic heterocycles. The van der Waals surface area contributed by atoms with Crippen molar-refractivity contribution in [3.8, 4) is 0 Å². The number of esters is 1. The van der Waals surface area contributed by atoms with Gasteiger partial charge in [-0.15, -0.1) is 0 Å². The lowest BCUT2D eigenvalue weighted by Gasteiger charge is -2.36. The molecule has 0 aromatic carbocycles. The van der Waals surface area contributed by atoms with Gasteiger partial charge in [-0.25, -0.2) is 4.79 Å². The Kier molecular flexibility index (Phi) is 7.12. The van der Waals surface area contributed by atoms with Gasteiger partial charge in [0, 0.05) is 23.7 Å². The third-order valence-corrected chi connectivity index (χ3v) is 2.84. The molecule has 0 aromatic heterocycles. The van der Waals surface area contributed by atoms with Gasteiger partial charge in [-0.2, -0.15) is 0 Å². The third-order valence-electron chi connectivity index (χ3n) is 2.84. The van der Waals surface area contributed by atoms with Crippen LogP contribution < -0.4 is 0 Å². The average molecular weight is 241 g/mol. The number of carbonyl (C=O) groups is 1. The predicted molar refractivity (Wildman–Crippen MR) is 72.0 cm³/mol. The van der Waals surface area contributed by atoms with E-state index in [1.54, 1.807) is 0 Å². The highest BCUT2D eigenvalue weighted by Gasteiger charge is 2.26. The van der Waals surface area contributed by atoms with Gasteiger partial charge < -0.3 is 4.74 Å². The maximum atomic E-state index is 11.7. The SMILES string of the molecule is C=C(C(=O)OCCC)C(C)N(C(C)C)C(C)C. The van der Waals surface area contributed by atoms with Gasteiger partial charge in [-0.1, -0.05) is 13.5 Å². The molecule has 0 amide bonds. The van der Waals surface area contributed by atoms with Gasteiger partial charge in [-0.05, 0) is 41.0 Å². The molecule has 0 bridgehead atoms. The Morgan fingerprint density at radius 1 is 1.18 bits per heavy atom. The maximum absolute atomic E-state index is 11.7. The predicted octanol–water partition coefficient (Wildman–Crippen LogP) is 3.00. The van der Waals surface area contributed by atoms with E-state index >= 15 is 0 Å².